The molecule has 0 amide bonds. The molecule has 0 radical (unpaired) electrons. The zero-order valence-electron chi connectivity index (χ0n) is 6.30. The van der Waals surface area contributed by atoms with Gasteiger partial charge in [0.15, 0.2) is 0 Å². The summed E-state index contributed by atoms with van der Waals surface area (Å²) in [5, 5.41) is 0. The van der Waals surface area contributed by atoms with Gasteiger partial charge in [-0.1, -0.05) is 0 Å². The van der Waals surface area contributed by atoms with E-state index >= 15 is 0 Å². The first-order chi connectivity index (χ1) is 4.85. The van der Waals surface area contributed by atoms with Crippen LogP contribution in [-0.4, -0.2) is 41.9 Å². The fraction of sp³-hybridized carbons (Fsp3) is 1.00. The molecular formula is C5H13ClO3Si. The minimum Gasteiger partial charge on any atom is -0.334 e. The molecule has 0 atom stereocenters. The Morgan fingerprint density at radius 2 is 2.00 bits per heavy atom. The van der Waals surface area contributed by atoms with Crippen molar-refractivity contribution in [3.05, 3.63) is 0 Å². The summed E-state index contributed by atoms with van der Waals surface area (Å²) in [6.45, 7) is -0.518. The second kappa shape index (κ2) is 7.49. The van der Waals surface area contributed by atoms with Crippen LogP contribution in [0.25, 0.3) is 0 Å². The molecule has 62 valence electrons. The van der Waals surface area contributed by atoms with Crippen LogP contribution >= 0.6 is 11.6 Å². The van der Waals surface area contributed by atoms with Crippen molar-refractivity contribution in [2.75, 3.05) is 26.0 Å². The molecule has 0 spiro atoms. The number of halogens is 1. The van der Waals surface area contributed by atoms with Gasteiger partial charge in [0, 0.05) is 26.0 Å². The summed E-state index contributed by atoms with van der Waals surface area (Å²) in [6.07, 6.45) is 0.704. The zero-order chi connectivity index (χ0) is 7.82. The Balaban J connectivity index is 3.09. The van der Waals surface area contributed by atoms with Crippen molar-refractivity contribution in [3.63, 3.8) is 0 Å². The van der Waals surface area contributed by atoms with Crippen LogP contribution < -0.4 is 0 Å². The average molecular weight is 185 g/mol. The monoisotopic (exact) mass is 184 g/mol. The van der Waals surface area contributed by atoms with E-state index in [2.05, 4.69) is 0 Å². The van der Waals surface area contributed by atoms with Gasteiger partial charge in [-0.2, -0.15) is 0 Å². The molecule has 3 nitrogen and oxygen atoms in total. The molecule has 0 saturated carbocycles. The van der Waals surface area contributed by atoms with Gasteiger partial charge < -0.3 is 14.2 Å². The quantitative estimate of drug-likeness (QED) is 0.250. The van der Waals surface area contributed by atoms with E-state index in [0.29, 0.717) is 6.23 Å². The Labute approximate surface area is 68.4 Å². The van der Waals surface area contributed by atoms with Gasteiger partial charge in [-0.05, 0) is 0 Å². The first-order valence-corrected chi connectivity index (χ1v) is 5.61. The molecule has 5 heteroatoms. The van der Waals surface area contributed by atoms with Crippen LogP contribution in [-0.2, 0) is 14.2 Å². The summed E-state index contributed by atoms with van der Waals surface area (Å²) in [6, 6.07) is 0. The summed E-state index contributed by atoms with van der Waals surface area (Å²) in [5.41, 5.74) is 0.736. The molecule has 0 saturated heterocycles. The van der Waals surface area contributed by atoms with Gasteiger partial charge in [0.2, 0.25) is 0 Å². The Morgan fingerprint density at radius 3 is 2.40 bits per heavy atom. The van der Waals surface area contributed by atoms with Gasteiger partial charge in [-0.25, -0.2) is 0 Å². The third-order valence-electron chi connectivity index (χ3n) is 0.917. The number of hydrogen-bond donors (Lipinski definition) is 0. The maximum Gasteiger partial charge on any atom is 0.270 e. The number of hydrogen-bond acceptors (Lipinski definition) is 3. The van der Waals surface area contributed by atoms with Crippen molar-refractivity contribution in [1.29, 1.82) is 0 Å². The van der Waals surface area contributed by atoms with Crippen LogP contribution in [0.3, 0.4) is 0 Å². The van der Waals surface area contributed by atoms with Gasteiger partial charge in [-0.3, -0.25) is 0 Å². The molecule has 0 unspecified atom stereocenters. The smallest absolute Gasteiger partial charge is 0.270 e. The average Bonchev–Trinajstić information content (AvgIpc) is 1.99. The molecular weight excluding hydrogens is 172 g/mol. The maximum absolute atomic E-state index is 5.47. The highest BCUT2D eigenvalue weighted by Gasteiger charge is 2.02. The third-order valence-corrected chi connectivity index (χ3v) is 2.51. The number of rotatable bonds is 6. The Bertz CT molecular complexity index is 69.9. The maximum atomic E-state index is 5.47. The van der Waals surface area contributed by atoms with Crippen LogP contribution in [0, 0.1) is 0 Å². The molecule has 0 heterocycles. The molecule has 0 N–H and O–H groups in total. The van der Waals surface area contributed by atoms with Gasteiger partial charge >= 0.3 is 0 Å². The first-order valence-electron chi connectivity index (χ1n) is 3.08. The van der Waals surface area contributed by atoms with E-state index in [-0.39, 0.29) is 9.52 Å². The number of alkyl halides is 1. The molecule has 0 aromatic carbocycles. The Kier molecular flexibility index (Phi) is 7.78. The van der Waals surface area contributed by atoms with E-state index in [1.165, 1.54) is 14.2 Å². The normalized spacial score (nSPS) is 12.0. The minimum atomic E-state index is -0.518. The topological polar surface area (TPSA) is 27.7 Å². The molecule has 10 heavy (non-hydrogen) atoms. The van der Waals surface area contributed by atoms with E-state index in [0.717, 1.165) is 5.50 Å². The lowest BCUT2D eigenvalue weighted by molar-refractivity contribution is -0.257. The molecule has 0 fully saturated rings. The highest BCUT2D eigenvalue weighted by molar-refractivity contribution is 6.50. The zero-order valence-corrected chi connectivity index (χ0v) is 8.47. The van der Waals surface area contributed by atoms with E-state index in [4.69, 9.17) is 25.8 Å². The summed E-state index contributed by atoms with van der Waals surface area (Å²) >= 11 is 5.47. The van der Waals surface area contributed by atoms with Crippen LogP contribution in [0.1, 0.15) is 0 Å². The number of methoxy groups -OCH3 is 2. The predicted molar refractivity (Wildman–Crippen MR) is 43.0 cm³/mol. The molecule has 0 aromatic heterocycles. The van der Waals surface area contributed by atoms with Crippen molar-refractivity contribution in [1.82, 2.24) is 0 Å². The van der Waals surface area contributed by atoms with Gasteiger partial charge in [-0.15, -0.1) is 11.6 Å². The predicted octanol–water partition coefficient (Wildman–Crippen LogP) is -0.0980. The second-order valence-corrected chi connectivity index (χ2v) is 4.30. The fourth-order valence-corrected chi connectivity index (χ4v) is 1.26. The van der Waals surface area contributed by atoms with E-state index in [1.807, 2.05) is 0 Å². The van der Waals surface area contributed by atoms with Crippen LogP contribution in [0.5, 0.6) is 0 Å². The molecule has 0 aliphatic rings. The Morgan fingerprint density at radius 1 is 1.40 bits per heavy atom. The lowest BCUT2D eigenvalue weighted by Gasteiger charge is -2.12. The van der Waals surface area contributed by atoms with Crippen LogP contribution in [0.2, 0.25) is 0 Å². The van der Waals surface area contributed by atoms with Crippen LogP contribution in [0.15, 0.2) is 0 Å². The van der Waals surface area contributed by atoms with Crippen molar-refractivity contribution in [3.8, 4) is 0 Å². The summed E-state index contributed by atoms with van der Waals surface area (Å²) in [5.74, 6) is 0. The molecule has 0 bridgehead atoms. The molecule has 0 aliphatic heterocycles. The SMILES string of the molecule is COC(OC)OC[SiH2]CCl. The largest absolute Gasteiger partial charge is 0.334 e. The van der Waals surface area contributed by atoms with Crippen LogP contribution in [0.4, 0.5) is 0 Å². The van der Waals surface area contributed by atoms with E-state index < -0.39 is 6.48 Å². The summed E-state index contributed by atoms with van der Waals surface area (Å²) in [7, 11) is 2.82. The number of ether oxygens (including phenoxy) is 3. The van der Waals surface area contributed by atoms with Crippen molar-refractivity contribution < 1.29 is 14.2 Å². The lowest BCUT2D eigenvalue weighted by atomic mass is 11.2. The summed E-state index contributed by atoms with van der Waals surface area (Å²) < 4.78 is 14.7. The van der Waals surface area contributed by atoms with Crippen molar-refractivity contribution in [2.45, 2.75) is 6.48 Å². The van der Waals surface area contributed by atoms with E-state index in [9.17, 15) is 0 Å². The third kappa shape index (κ3) is 5.19. The highest BCUT2D eigenvalue weighted by atomic mass is 35.5. The fourth-order valence-electron chi connectivity index (χ4n) is 0.466. The molecule has 0 aliphatic carbocycles. The first kappa shape index (κ1) is 10.4. The highest BCUT2D eigenvalue weighted by Crippen LogP contribution is 1.91. The van der Waals surface area contributed by atoms with Crippen molar-refractivity contribution >= 4 is 21.1 Å². The molecule has 0 rings (SSSR count). The van der Waals surface area contributed by atoms with Gasteiger partial charge in [0.05, 0.1) is 9.52 Å². The van der Waals surface area contributed by atoms with Gasteiger partial charge in [0.1, 0.15) is 0 Å². The Hall–Kier alpha value is 0.387. The second-order valence-electron chi connectivity index (χ2n) is 1.67. The van der Waals surface area contributed by atoms with E-state index in [1.54, 1.807) is 0 Å². The van der Waals surface area contributed by atoms with Gasteiger partial charge in [0.25, 0.3) is 6.48 Å². The molecule has 0 aromatic rings. The summed E-state index contributed by atoms with van der Waals surface area (Å²) in [4.78, 5) is 0. The lowest BCUT2D eigenvalue weighted by Crippen LogP contribution is -2.20. The minimum absolute atomic E-state index is 0.257. The van der Waals surface area contributed by atoms with Crippen molar-refractivity contribution in [2.24, 2.45) is 0 Å². The standard InChI is InChI=1S/C5H13ClO3Si/c1-7-5(8-2)9-4-10-3-6/h5H,3-4,10H2,1-2H3.